The molecule has 3 heterocycles. The Morgan fingerprint density at radius 3 is 2.67 bits per heavy atom. The van der Waals surface area contributed by atoms with Crippen molar-refractivity contribution in [1.29, 1.82) is 5.26 Å². The number of fused-ring (bicyclic) bond motifs is 1. The zero-order valence-electron chi connectivity index (χ0n) is 18.0. The van der Waals surface area contributed by atoms with Crippen molar-refractivity contribution < 1.29 is 22.3 Å². The molecule has 0 amide bonds. The number of aliphatic hydroxyl groups is 1. The molecule has 0 saturated heterocycles. The van der Waals surface area contributed by atoms with Gasteiger partial charge < -0.3 is 10.0 Å². The molecular formula is C19H21F2N7O3S2. The van der Waals surface area contributed by atoms with Crippen molar-refractivity contribution in [1.82, 2.24) is 24.3 Å². The number of hydrogen-bond donors (Lipinski definition) is 2. The highest BCUT2D eigenvalue weighted by Gasteiger charge is 2.47. The summed E-state index contributed by atoms with van der Waals surface area (Å²) >= 11 is 0.680. The summed E-state index contributed by atoms with van der Waals surface area (Å²) in [6, 6.07) is 3.39. The Morgan fingerprint density at radius 2 is 2.12 bits per heavy atom. The summed E-state index contributed by atoms with van der Waals surface area (Å²) < 4.78 is 56.2. The molecule has 0 unspecified atom stereocenters. The number of alkyl halides is 2. The predicted octanol–water partition coefficient (Wildman–Crippen LogP) is 2.33. The van der Waals surface area contributed by atoms with Crippen LogP contribution in [0.1, 0.15) is 38.1 Å². The van der Waals surface area contributed by atoms with E-state index < -0.39 is 32.6 Å². The molecule has 3 aromatic heterocycles. The van der Waals surface area contributed by atoms with Crippen molar-refractivity contribution in [3.8, 4) is 16.8 Å². The minimum Gasteiger partial charge on any atom is -0.389 e. The first-order chi connectivity index (χ1) is 15.3. The van der Waals surface area contributed by atoms with E-state index in [0.29, 0.717) is 35.5 Å². The van der Waals surface area contributed by atoms with Crippen LogP contribution in [0, 0.1) is 11.3 Å². The lowest BCUT2D eigenvalue weighted by Gasteiger charge is -2.28. The van der Waals surface area contributed by atoms with E-state index in [9.17, 15) is 27.6 Å². The van der Waals surface area contributed by atoms with E-state index in [2.05, 4.69) is 19.9 Å². The second-order valence-electron chi connectivity index (χ2n) is 8.61. The first-order valence-electron chi connectivity index (χ1n) is 9.86. The molecule has 3 aromatic rings. The quantitative estimate of drug-likeness (QED) is 0.484. The molecule has 4 rings (SSSR count). The molecular weight excluding hydrogens is 476 g/mol. The molecule has 0 aromatic carbocycles. The third-order valence-corrected chi connectivity index (χ3v) is 7.50. The van der Waals surface area contributed by atoms with Crippen LogP contribution in [0.2, 0.25) is 0 Å². The van der Waals surface area contributed by atoms with Gasteiger partial charge in [0.2, 0.25) is 10.0 Å². The third-order valence-electron chi connectivity index (χ3n) is 5.05. The van der Waals surface area contributed by atoms with Gasteiger partial charge in [0.25, 0.3) is 6.43 Å². The van der Waals surface area contributed by atoms with Crippen molar-refractivity contribution in [2.75, 3.05) is 18.5 Å². The Labute approximate surface area is 192 Å². The van der Waals surface area contributed by atoms with Gasteiger partial charge in [-0.05, 0) is 32.8 Å². The van der Waals surface area contributed by atoms with Gasteiger partial charge in [-0.25, -0.2) is 22.2 Å². The number of likely N-dealkylation sites (N-methyl/N-ethyl adjacent to an activating group) is 1. The fraction of sp³-hybridized carbons (Fsp3) is 0.474. The number of nitrogens with zero attached hydrogens (tertiary/aromatic N) is 6. The van der Waals surface area contributed by atoms with Crippen molar-refractivity contribution in [3.05, 3.63) is 23.5 Å². The fourth-order valence-electron chi connectivity index (χ4n) is 3.40. The van der Waals surface area contributed by atoms with Crippen LogP contribution in [0.5, 0.6) is 0 Å². The average molecular weight is 498 g/mol. The van der Waals surface area contributed by atoms with Crippen LogP contribution in [0.3, 0.4) is 0 Å². The van der Waals surface area contributed by atoms with Gasteiger partial charge in [-0.2, -0.15) is 9.98 Å². The maximum Gasteiger partial charge on any atom is 0.291 e. The molecule has 1 aliphatic rings. The van der Waals surface area contributed by atoms with Crippen LogP contribution in [-0.2, 0) is 10.0 Å². The third kappa shape index (κ3) is 4.67. The summed E-state index contributed by atoms with van der Waals surface area (Å²) in [5.41, 5.74) is -1.22. The van der Waals surface area contributed by atoms with Crippen LogP contribution in [0.15, 0.2) is 23.4 Å². The summed E-state index contributed by atoms with van der Waals surface area (Å²) in [4.78, 5) is 5.85. The topological polar surface area (TPSA) is 137 Å². The second kappa shape index (κ2) is 7.94. The normalized spacial score (nSPS) is 15.7. The van der Waals surface area contributed by atoms with E-state index in [1.54, 1.807) is 25.8 Å². The number of pyridine rings is 1. The van der Waals surface area contributed by atoms with E-state index in [1.165, 1.54) is 22.9 Å². The predicted molar refractivity (Wildman–Crippen MR) is 117 cm³/mol. The molecule has 0 radical (unpaired) electrons. The van der Waals surface area contributed by atoms with Gasteiger partial charge in [0.1, 0.15) is 16.1 Å². The molecule has 2 N–H and O–H groups in total. The lowest BCUT2D eigenvalue weighted by Crippen LogP contribution is -2.37. The zero-order valence-corrected chi connectivity index (χ0v) is 19.6. The number of nitrogens with one attached hydrogen (secondary N) is 1. The SMILES string of the molecule is CN(CC(C)(C)O)c1cc(S(=O)(=O)NC2(C#N)CC2)cn2c(-c3nnc(C(F)F)s3)cnc12. The summed E-state index contributed by atoms with van der Waals surface area (Å²) in [5.74, 6) is 0. The Balaban J connectivity index is 1.88. The summed E-state index contributed by atoms with van der Waals surface area (Å²) in [6.45, 7) is 3.37. The number of imidazole rings is 1. The van der Waals surface area contributed by atoms with Crippen molar-refractivity contribution in [2.45, 2.75) is 49.2 Å². The molecule has 1 aliphatic carbocycles. The lowest BCUT2D eigenvalue weighted by molar-refractivity contribution is 0.0886. The average Bonchev–Trinajstić information content (AvgIpc) is 3.12. The lowest BCUT2D eigenvalue weighted by atomic mass is 10.1. The highest BCUT2D eigenvalue weighted by atomic mass is 32.2. The number of anilines is 1. The first kappa shape index (κ1) is 23.4. The van der Waals surface area contributed by atoms with Gasteiger partial charge in [0.15, 0.2) is 15.7 Å². The highest BCUT2D eigenvalue weighted by molar-refractivity contribution is 7.89. The van der Waals surface area contributed by atoms with E-state index in [0.717, 1.165) is 0 Å². The Hall–Kier alpha value is -2.73. The number of halogens is 2. The maximum absolute atomic E-state index is 13.1. The monoisotopic (exact) mass is 497 g/mol. The Morgan fingerprint density at radius 1 is 1.42 bits per heavy atom. The molecule has 33 heavy (non-hydrogen) atoms. The van der Waals surface area contributed by atoms with Gasteiger partial charge in [0, 0.05) is 19.8 Å². The van der Waals surface area contributed by atoms with Gasteiger partial charge in [-0.3, -0.25) is 4.40 Å². The smallest absolute Gasteiger partial charge is 0.291 e. The number of aromatic nitrogens is 4. The Bertz CT molecular complexity index is 1350. The zero-order chi connectivity index (χ0) is 24.2. The van der Waals surface area contributed by atoms with Crippen LogP contribution < -0.4 is 9.62 Å². The van der Waals surface area contributed by atoms with Crippen LogP contribution >= 0.6 is 11.3 Å². The number of nitriles is 1. The van der Waals surface area contributed by atoms with E-state index >= 15 is 0 Å². The van der Waals surface area contributed by atoms with Crippen molar-refractivity contribution in [2.24, 2.45) is 0 Å². The molecule has 1 saturated carbocycles. The number of sulfonamides is 1. The maximum atomic E-state index is 13.1. The fourth-order valence-corrected chi connectivity index (χ4v) is 5.50. The summed E-state index contributed by atoms with van der Waals surface area (Å²) in [5, 5.41) is 26.5. The molecule has 1 fully saturated rings. The molecule has 0 bridgehead atoms. The summed E-state index contributed by atoms with van der Waals surface area (Å²) in [7, 11) is -2.44. The van der Waals surface area contributed by atoms with Gasteiger partial charge in [-0.1, -0.05) is 11.3 Å². The van der Waals surface area contributed by atoms with E-state index in [4.69, 9.17) is 0 Å². The van der Waals surface area contributed by atoms with Crippen LogP contribution in [0.4, 0.5) is 14.5 Å². The van der Waals surface area contributed by atoms with Crippen molar-refractivity contribution >= 4 is 32.7 Å². The molecule has 0 aliphatic heterocycles. The van der Waals surface area contributed by atoms with E-state index in [-0.39, 0.29) is 22.1 Å². The van der Waals surface area contributed by atoms with Gasteiger partial charge >= 0.3 is 0 Å². The van der Waals surface area contributed by atoms with Gasteiger partial charge in [0.05, 0.1) is 23.6 Å². The van der Waals surface area contributed by atoms with E-state index in [1.807, 2.05) is 6.07 Å². The molecule has 0 atom stereocenters. The highest BCUT2D eigenvalue weighted by Crippen LogP contribution is 2.37. The van der Waals surface area contributed by atoms with Gasteiger partial charge in [-0.15, -0.1) is 10.2 Å². The molecule has 14 heteroatoms. The molecule has 0 spiro atoms. The minimum atomic E-state index is -4.11. The number of rotatable bonds is 8. The largest absolute Gasteiger partial charge is 0.389 e. The molecule has 10 nitrogen and oxygen atoms in total. The number of hydrogen-bond acceptors (Lipinski definition) is 9. The first-order valence-corrected chi connectivity index (χ1v) is 12.2. The minimum absolute atomic E-state index is 0.145. The molecule has 176 valence electrons. The van der Waals surface area contributed by atoms with Crippen LogP contribution in [0.25, 0.3) is 16.3 Å². The standard InChI is InChI=1S/C19H21F2N7O3S2/c1-18(2,29)10-27(3)12-6-11(33(30,31)26-19(9-22)4-5-19)8-28-13(7-23-15(12)28)16-24-25-17(32-16)14(20)21/h6-8,14,26,29H,4-5,10H2,1-3H3. The second-order valence-corrected chi connectivity index (χ2v) is 11.3. The van der Waals surface area contributed by atoms with Crippen LogP contribution in [-0.4, -0.2) is 57.8 Å². The van der Waals surface area contributed by atoms with Crippen molar-refractivity contribution in [3.63, 3.8) is 0 Å². The summed E-state index contributed by atoms with van der Waals surface area (Å²) in [6.07, 6.45) is 0.735. The Kier molecular flexibility index (Phi) is 5.64.